The van der Waals surface area contributed by atoms with E-state index < -0.39 is 17.8 Å². The van der Waals surface area contributed by atoms with E-state index in [1.807, 2.05) is 4.90 Å². The highest BCUT2D eigenvalue weighted by Gasteiger charge is 2.35. The van der Waals surface area contributed by atoms with Crippen molar-refractivity contribution in [1.82, 2.24) is 15.0 Å². The number of ether oxygens (including phenoxy) is 1. The minimum atomic E-state index is -4.40. The Morgan fingerprint density at radius 2 is 2.20 bits per heavy atom. The van der Waals surface area contributed by atoms with Crippen molar-refractivity contribution in [2.75, 3.05) is 13.7 Å². The van der Waals surface area contributed by atoms with E-state index in [9.17, 15) is 18.3 Å². The first kappa shape index (κ1) is 17.8. The van der Waals surface area contributed by atoms with Crippen LogP contribution in [0.25, 0.3) is 0 Å². The van der Waals surface area contributed by atoms with E-state index in [0.29, 0.717) is 30.2 Å². The van der Waals surface area contributed by atoms with Gasteiger partial charge in [0, 0.05) is 19.7 Å². The Morgan fingerprint density at radius 3 is 2.92 bits per heavy atom. The maximum Gasteiger partial charge on any atom is 0.416 e. The fourth-order valence-corrected chi connectivity index (χ4v) is 3.04. The summed E-state index contributed by atoms with van der Waals surface area (Å²) in [7, 11) is 1.51. The average molecular weight is 357 g/mol. The SMILES string of the molecule is COCc1noc(CN2C[C@H](O)C[C@@H]2c2cccc(C(F)(F)F)c2)n1. The lowest BCUT2D eigenvalue weighted by atomic mass is 10.0. The third-order valence-corrected chi connectivity index (χ3v) is 4.10. The highest BCUT2D eigenvalue weighted by atomic mass is 19.4. The lowest BCUT2D eigenvalue weighted by Gasteiger charge is -2.23. The third kappa shape index (κ3) is 4.17. The summed E-state index contributed by atoms with van der Waals surface area (Å²) in [5.41, 5.74) is -0.200. The normalized spacial score (nSPS) is 21.8. The number of aliphatic hydroxyl groups is 1. The Kier molecular flexibility index (Phi) is 5.07. The number of halogens is 3. The van der Waals surface area contributed by atoms with Gasteiger partial charge in [-0.15, -0.1) is 0 Å². The van der Waals surface area contributed by atoms with E-state index in [0.717, 1.165) is 12.1 Å². The second-order valence-corrected chi connectivity index (χ2v) is 6.00. The van der Waals surface area contributed by atoms with Crippen LogP contribution in [0.4, 0.5) is 13.2 Å². The summed E-state index contributed by atoms with van der Waals surface area (Å²) in [5.74, 6) is 0.728. The van der Waals surface area contributed by atoms with Crippen LogP contribution in [0.1, 0.15) is 35.3 Å². The van der Waals surface area contributed by atoms with Crippen molar-refractivity contribution >= 4 is 0 Å². The molecular weight excluding hydrogens is 339 g/mol. The zero-order valence-corrected chi connectivity index (χ0v) is 13.5. The molecule has 0 amide bonds. The summed E-state index contributed by atoms with van der Waals surface area (Å²) in [6.07, 6.45) is -4.68. The van der Waals surface area contributed by atoms with E-state index in [1.54, 1.807) is 6.07 Å². The fraction of sp³-hybridized carbons (Fsp3) is 0.500. The number of β-amino-alcohol motifs (C(OH)–C–C–N with tert-alkyl or cyclic N) is 1. The van der Waals surface area contributed by atoms with Gasteiger partial charge in [-0.2, -0.15) is 18.2 Å². The molecule has 1 aromatic carbocycles. The number of hydrogen-bond acceptors (Lipinski definition) is 6. The number of aliphatic hydroxyl groups excluding tert-OH is 1. The van der Waals surface area contributed by atoms with Crippen LogP contribution in [0, 0.1) is 0 Å². The molecule has 0 radical (unpaired) electrons. The Balaban J connectivity index is 1.79. The molecule has 0 bridgehead atoms. The van der Waals surface area contributed by atoms with Crippen LogP contribution in [0.3, 0.4) is 0 Å². The topological polar surface area (TPSA) is 71.6 Å². The highest BCUT2D eigenvalue weighted by molar-refractivity contribution is 5.29. The molecule has 6 nitrogen and oxygen atoms in total. The quantitative estimate of drug-likeness (QED) is 0.887. The average Bonchev–Trinajstić information content (AvgIpc) is 3.14. The molecule has 2 heterocycles. The van der Waals surface area contributed by atoms with Gasteiger partial charge in [0.2, 0.25) is 5.89 Å². The van der Waals surface area contributed by atoms with Crippen LogP contribution in [0.15, 0.2) is 28.8 Å². The van der Waals surface area contributed by atoms with Gasteiger partial charge in [0.25, 0.3) is 0 Å². The number of methoxy groups -OCH3 is 1. The van der Waals surface area contributed by atoms with Crippen molar-refractivity contribution in [1.29, 1.82) is 0 Å². The zero-order chi connectivity index (χ0) is 18.0. The van der Waals surface area contributed by atoms with Gasteiger partial charge in [0.05, 0.1) is 18.2 Å². The zero-order valence-electron chi connectivity index (χ0n) is 13.5. The van der Waals surface area contributed by atoms with Crippen LogP contribution < -0.4 is 0 Å². The third-order valence-electron chi connectivity index (χ3n) is 4.10. The van der Waals surface area contributed by atoms with Crippen LogP contribution >= 0.6 is 0 Å². The summed E-state index contributed by atoms with van der Waals surface area (Å²) in [6.45, 7) is 0.779. The summed E-state index contributed by atoms with van der Waals surface area (Å²) in [5, 5.41) is 13.7. The largest absolute Gasteiger partial charge is 0.416 e. The molecule has 2 aromatic rings. The number of nitrogens with zero attached hydrogens (tertiary/aromatic N) is 3. The van der Waals surface area contributed by atoms with Crippen LogP contribution in [-0.2, 0) is 24.1 Å². The van der Waals surface area contributed by atoms with Gasteiger partial charge in [-0.1, -0.05) is 17.3 Å². The molecule has 0 saturated carbocycles. The van der Waals surface area contributed by atoms with Crippen molar-refractivity contribution in [3.05, 3.63) is 47.1 Å². The van der Waals surface area contributed by atoms with Gasteiger partial charge < -0.3 is 14.4 Å². The van der Waals surface area contributed by atoms with E-state index >= 15 is 0 Å². The van der Waals surface area contributed by atoms with Crippen molar-refractivity contribution < 1.29 is 27.5 Å². The minimum Gasteiger partial charge on any atom is -0.392 e. The summed E-state index contributed by atoms with van der Waals surface area (Å²) in [6, 6.07) is 4.82. The molecule has 1 N–H and O–H groups in total. The van der Waals surface area contributed by atoms with Gasteiger partial charge in [-0.25, -0.2) is 0 Å². The molecule has 9 heteroatoms. The molecule has 1 aliphatic heterocycles. The van der Waals surface area contributed by atoms with Gasteiger partial charge >= 0.3 is 6.18 Å². The van der Waals surface area contributed by atoms with Gasteiger partial charge in [0.15, 0.2) is 5.82 Å². The number of aromatic nitrogens is 2. The monoisotopic (exact) mass is 357 g/mol. The van der Waals surface area contributed by atoms with Crippen LogP contribution in [0.2, 0.25) is 0 Å². The first-order chi connectivity index (χ1) is 11.9. The molecule has 0 aliphatic carbocycles. The van der Waals surface area contributed by atoms with Crippen molar-refractivity contribution in [2.24, 2.45) is 0 Å². The Hall–Kier alpha value is -1.97. The second-order valence-electron chi connectivity index (χ2n) is 6.00. The molecule has 2 atom stereocenters. The van der Waals surface area contributed by atoms with Gasteiger partial charge in [-0.05, 0) is 24.1 Å². The number of likely N-dealkylation sites (tertiary alicyclic amines) is 1. The lowest BCUT2D eigenvalue weighted by molar-refractivity contribution is -0.137. The summed E-state index contributed by atoms with van der Waals surface area (Å²) in [4.78, 5) is 6.00. The Labute approximate surface area is 142 Å². The van der Waals surface area contributed by atoms with Gasteiger partial charge in [0.1, 0.15) is 6.61 Å². The first-order valence-corrected chi connectivity index (χ1v) is 7.76. The van der Waals surface area contributed by atoms with E-state index in [-0.39, 0.29) is 19.2 Å². The molecule has 3 rings (SSSR count). The molecule has 1 saturated heterocycles. The molecule has 1 fully saturated rings. The van der Waals surface area contributed by atoms with Gasteiger partial charge in [-0.3, -0.25) is 4.90 Å². The number of rotatable bonds is 5. The molecular formula is C16H18F3N3O3. The van der Waals surface area contributed by atoms with Crippen molar-refractivity contribution in [3.63, 3.8) is 0 Å². The number of hydrogen-bond donors (Lipinski definition) is 1. The fourth-order valence-electron chi connectivity index (χ4n) is 3.04. The maximum atomic E-state index is 12.9. The van der Waals surface area contributed by atoms with E-state index in [2.05, 4.69) is 10.1 Å². The standard InChI is InChI=1S/C16H18F3N3O3/c1-24-9-14-20-15(25-21-14)8-22-7-12(23)6-13(22)10-3-2-4-11(5-10)16(17,18)19/h2-5,12-13,23H,6-9H2,1H3/t12-,13-/m1/s1. The smallest absolute Gasteiger partial charge is 0.392 e. The molecule has 25 heavy (non-hydrogen) atoms. The molecule has 1 aromatic heterocycles. The number of alkyl halides is 3. The summed E-state index contributed by atoms with van der Waals surface area (Å²) < 4.78 is 48.9. The van der Waals surface area contributed by atoms with E-state index in [1.165, 1.54) is 13.2 Å². The lowest BCUT2D eigenvalue weighted by Crippen LogP contribution is -2.24. The molecule has 136 valence electrons. The summed E-state index contributed by atoms with van der Waals surface area (Å²) >= 11 is 0. The maximum absolute atomic E-state index is 12.9. The minimum absolute atomic E-state index is 0.211. The van der Waals surface area contributed by atoms with Crippen molar-refractivity contribution in [3.8, 4) is 0 Å². The second kappa shape index (κ2) is 7.11. The molecule has 0 unspecified atom stereocenters. The van der Waals surface area contributed by atoms with Crippen LogP contribution in [-0.4, -0.2) is 39.9 Å². The predicted octanol–water partition coefficient (Wildman–Crippen LogP) is 2.54. The molecule has 0 spiro atoms. The predicted molar refractivity (Wildman–Crippen MR) is 80.2 cm³/mol. The first-order valence-electron chi connectivity index (χ1n) is 7.76. The Morgan fingerprint density at radius 1 is 1.40 bits per heavy atom. The van der Waals surface area contributed by atoms with E-state index in [4.69, 9.17) is 9.26 Å². The van der Waals surface area contributed by atoms with Crippen molar-refractivity contribution in [2.45, 2.75) is 37.9 Å². The highest BCUT2D eigenvalue weighted by Crippen LogP contribution is 2.36. The Bertz CT molecular complexity index is 720. The molecule has 1 aliphatic rings. The number of benzene rings is 1. The van der Waals surface area contributed by atoms with Crippen LogP contribution in [0.5, 0.6) is 0 Å².